The van der Waals surface area contributed by atoms with Crippen molar-refractivity contribution in [2.75, 3.05) is 5.32 Å². The lowest BCUT2D eigenvalue weighted by atomic mass is 9.93. The second-order valence-corrected chi connectivity index (χ2v) is 7.52. The van der Waals surface area contributed by atoms with Crippen LogP contribution in [0, 0.1) is 5.92 Å². The van der Waals surface area contributed by atoms with E-state index in [1.807, 2.05) is 36.4 Å². The average molecular weight is 444 g/mol. The van der Waals surface area contributed by atoms with Gasteiger partial charge in [-0.15, -0.1) is 0 Å². The Balaban J connectivity index is 1.50. The SMILES string of the molecule is O=C(Nc1ccc(-n2ncc3cccnc32)cc1)[C@@H]1CC=C(I)CC1. The molecule has 25 heavy (non-hydrogen) atoms. The molecule has 126 valence electrons. The zero-order valence-electron chi connectivity index (χ0n) is 13.5. The van der Waals surface area contributed by atoms with Crippen molar-refractivity contribution in [2.24, 2.45) is 5.92 Å². The summed E-state index contributed by atoms with van der Waals surface area (Å²) in [5, 5.41) is 8.42. The number of fused-ring (bicyclic) bond motifs is 1. The first-order chi connectivity index (χ1) is 12.2. The van der Waals surface area contributed by atoms with Gasteiger partial charge in [0, 0.05) is 23.2 Å². The van der Waals surface area contributed by atoms with Gasteiger partial charge in [0.2, 0.25) is 5.91 Å². The highest BCUT2D eigenvalue weighted by atomic mass is 127. The molecular weight excluding hydrogens is 427 g/mol. The molecule has 5 nitrogen and oxygen atoms in total. The molecule has 0 spiro atoms. The number of benzene rings is 1. The molecule has 0 saturated carbocycles. The van der Waals surface area contributed by atoms with Gasteiger partial charge in [0.25, 0.3) is 0 Å². The molecular formula is C19H17IN4O. The van der Waals surface area contributed by atoms with Gasteiger partial charge in [-0.25, -0.2) is 9.67 Å². The van der Waals surface area contributed by atoms with Gasteiger partial charge in [0.05, 0.1) is 11.9 Å². The number of nitrogens with one attached hydrogen (secondary N) is 1. The summed E-state index contributed by atoms with van der Waals surface area (Å²) < 4.78 is 3.15. The van der Waals surface area contributed by atoms with Gasteiger partial charge in [-0.05, 0) is 81.8 Å². The van der Waals surface area contributed by atoms with Gasteiger partial charge < -0.3 is 5.32 Å². The van der Waals surface area contributed by atoms with Crippen LogP contribution in [-0.4, -0.2) is 20.7 Å². The van der Waals surface area contributed by atoms with Crippen molar-refractivity contribution in [3.8, 4) is 5.69 Å². The monoisotopic (exact) mass is 444 g/mol. The minimum atomic E-state index is 0.0671. The molecule has 0 fully saturated rings. The molecule has 4 rings (SSSR count). The first kappa shape index (κ1) is 16.3. The Morgan fingerprint density at radius 2 is 2.08 bits per heavy atom. The Hall–Kier alpha value is -2.22. The van der Waals surface area contributed by atoms with Crippen LogP contribution in [0.4, 0.5) is 5.69 Å². The predicted octanol–water partition coefficient (Wildman–Crippen LogP) is 4.48. The van der Waals surface area contributed by atoms with Gasteiger partial charge in [-0.1, -0.05) is 6.08 Å². The molecule has 0 saturated heterocycles. The quantitative estimate of drug-likeness (QED) is 0.607. The maximum absolute atomic E-state index is 12.4. The molecule has 6 heteroatoms. The topological polar surface area (TPSA) is 59.8 Å². The minimum absolute atomic E-state index is 0.0671. The van der Waals surface area contributed by atoms with Crippen LogP contribution >= 0.6 is 22.6 Å². The number of carbonyl (C=O) groups excluding carboxylic acids is 1. The molecule has 1 aliphatic rings. The first-order valence-corrected chi connectivity index (χ1v) is 9.33. The number of rotatable bonds is 3. The number of hydrogen-bond acceptors (Lipinski definition) is 3. The summed E-state index contributed by atoms with van der Waals surface area (Å²) in [4.78, 5) is 16.8. The number of pyridine rings is 1. The van der Waals surface area contributed by atoms with E-state index >= 15 is 0 Å². The molecule has 2 heterocycles. The van der Waals surface area contributed by atoms with E-state index in [1.54, 1.807) is 17.1 Å². The largest absolute Gasteiger partial charge is 0.326 e. The van der Waals surface area contributed by atoms with Crippen molar-refractivity contribution in [2.45, 2.75) is 19.3 Å². The number of carbonyl (C=O) groups is 1. The average Bonchev–Trinajstić information content (AvgIpc) is 3.07. The summed E-state index contributed by atoms with van der Waals surface area (Å²) in [5.74, 6) is 0.163. The third-order valence-corrected chi connectivity index (χ3v) is 5.42. The fourth-order valence-corrected chi connectivity index (χ4v) is 3.59. The van der Waals surface area contributed by atoms with E-state index in [-0.39, 0.29) is 11.8 Å². The Kier molecular flexibility index (Phi) is 4.52. The molecule has 1 aliphatic carbocycles. The fourth-order valence-electron chi connectivity index (χ4n) is 3.02. The molecule has 1 amide bonds. The lowest BCUT2D eigenvalue weighted by molar-refractivity contribution is -0.120. The third-order valence-electron chi connectivity index (χ3n) is 4.44. The molecule has 0 radical (unpaired) electrons. The van der Waals surface area contributed by atoms with E-state index in [0.717, 1.165) is 41.7 Å². The van der Waals surface area contributed by atoms with Crippen LogP contribution in [0.2, 0.25) is 0 Å². The summed E-state index contributed by atoms with van der Waals surface area (Å²) in [5.41, 5.74) is 2.55. The van der Waals surface area contributed by atoms with Crippen LogP contribution in [0.1, 0.15) is 19.3 Å². The lowest BCUT2D eigenvalue weighted by Crippen LogP contribution is -2.23. The van der Waals surface area contributed by atoms with Crippen molar-refractivity contribution in [1.82, 2.24) is 14.8 Å². The Labute approximate surface area is 159 Å². The molecule has 0 unspecified atom stereocenters. The number of allylic oxidation sites excluding steroid dienone is 2. The van der Waals surface area contributed by atoms with Crippen LogP contribution in [0.3, 0.4) is 0 Å². The second-order valence-electron chi connectivity index (χ2n) is 6.13. The lowest BCUT2D eigenvalue weighted by Gasteiger charge is -2.19. The maximum Gasteiger partial charge on any atom is 0.227 e. The highest BCUT2D eigenvalue weighted by molar-refractivity contribution is 14.1. The Morgan fingerprint density at radius 1 is 1.24 bits per heavy atom. The smallest absolute Gasteiger partial charge is 0.227 e. The predicted molar refractivity (Wildman–Crippen MR) is 107 cm³/mol. The van der Waals surface area contributed by atoms with Gasteiger partial charge in [0.1, 0.15) is 0 Å². The molecule has 1 N–H and O–H groups in total. The molecule has 1 aromatic carbocycles. The highest BCUT2D eigenvalue weighted by Gasteiger charge is 2.20. The van der Waals surface area contributed by atoms with E-state index in [9.17, 15) is 4.79 Å². The fraction of sp³-hybridized carbons (Fsp3) is 0.211. The summed E-state index contributed by atoms with van der Waals surface area (Å²) >= 11 is 2.34. The van der Waals surface area contributed by atoms with E-state index in [2.05, 4.69) is 44.1 Å². The molecule has 3 aromatic rings. The Morgan fingerprint density at radius 3 is 2.84 bits per heavy atom. The van der Waals surface area contributed by atoms with Crippen molar-refractivity contribution < 1.29 is 4.79 Å². The maximum atomic E-state index is 12.4. The van der Waals surface area contributed by atoms with Crippen molar-refractivity contribution in [3.05, 3.63) is 58.4 Å². The van der Waals surface area contributed by atoms with Crippen LogP contribution in [-0.2, 0) is 4.79 Å². The molecule has 1 atom stereocenters. The number of nitrogens with zero attached hydrogens (tertiary/aromatic N) is 3. The van der Waals surface area contributed by atoms with E-state index in [0.29, 0.717) is 0 Å². The zero-order chi connectivity index (χ0) is 17.2. The van der Waals surface area contributed by atoms with E-state index < -0.39 is 0 Å². The number of anilines is 1. The minimum Gasteiger partial charge on any atom is -0.326 e. The van der Waals surface area contributed by atoms with Crippen molar-refractivity contribution >= 4 is 45.2 Å². The number of aromatic nitrogens is 3. The van der Waals surface area contributed by atoms with E-state index in [1.165, 1.54) is 3.58 Å². The normalized spacial score (nSPS) is 17.3. The van der Waals surface area contributed by atoms with Gasteiger partial charge in [0.15, 0.2) is 5.65 Å². The van der Waals surface area contributed by atoms with Crippen LogP contribution in [0.15, 0.2) is 58.4 Å². The van der Waals surface area contributed by atoms with Crippen molar-refractivity contribution in [3.63, 3.8) is 0 Å². The van der Waals surface area contributed by atoms with Crippen LogP contribution < -0.4 is 5.32 Å². The number of amides is 1. The standard InChI is InChI=1S/C19H17IN4O/c20-15-5-3-13(4-6-15)19(25)23-16-7-9-17(10-8-16)24-18-14(12-22-24)2-1-11-21-18/h1-2,5,7-13H,3-4,6H2,(H,23,25)/t13-/m1/s1. The number of halogens is 1. The summed E-state index contributed by atoms with van der Waals surface area (Å²) in [6.07, 6.45) is 8.46. The van der Waals surface area contributed by atoms with E-state index in [4.69, 9.17) is 0 Å². The highest BCUT2D eigenvalue weighted by Crippen LogP contribution is 2.28. The summed E-state index contributed by atoms with van der Waals surface area (Å²) in [6.45, 7) is 0. The van der Waals surface area contributed by atoms with Crippen molar-refractivity contribution in [1.29, 1.82) is 0 Å². The zero-order valence-corrected chi connectivity index (χ0v) is 15.7. The molecule has 0 bridgehead atoms. The van der Waals surface area contributed by atoms with Gasteiger partial charge >= 0.3 is 0 Å². The Bertz CT molecular complexity index is 945. The first-order valence-electron chi connectivity index (χ1n) is 8.25. The number of hydrogen-bond donors (Lipinski definition) is 1. The summed E-state index contributed by atoms with van der Waals surface area (Å²) in [6, 6.07) is 11.6. The van der Waals surface area contributed by atoms with Gasteiger partial charge in [-0.2, -0.15) is 5.10 Å². The summed E-state index contributed by atoms with van der Waals surface area (Å²) in [7, 11) is 0. The molecule has 0 aliphatic heterocycles. The van der Waals surface area contributed by atoms with Crippen LogP contribution in [0.25, 0.3) is 16.7 Å². The van der Waals surface area contributed by atoms with Crippen LogP contribution in [0.5, 0.6) is 0 Å². The van der Waals surface area contributed by atoms with Gasteiger partial charge in [-0.3, -0.25) is 4.79 Å². The second kappa shape index (κ2) is 6.95. The molecule has 2 aromatic heterocycles. The third kappa shape index (κ3) is 3.44.